The van der Waals surface area contributed by atoms with E-state index in [4.69, 9.17) is 4.74 Å². The number of nitrogens with one attached hydrogen (secondary N) is 1. The minimum absolute atomic E-state index is 0.0579. The van der Waals surface area contributed by atoms with Gasteiger partial charge in [0.1, 0.15) is 5.75 Å². The van der Waals surface area contributed by atoms with Crippen molar-refractivity contribution in [1.29, 1.82) is 0 Å². The fraction of sp³-hybridized carbons (Fsp3) is 0.385. The van der Waals surface area contributed by atoms with Gasteiger partial charge in [0.15, 0.2) is 5.16 Å². The molecule has 0 bridgehead atoms. The number of unbranched alkanes of at least 4 members (excludes halogenated alkanes) is 2. The summed E-state index contributed by atoms with van der Waals surface area (Å²) >= 11 is 1.34. The van der Waals surface area contributed by atoms with Crippen LogP contribution in [0.5, 0.6) is 5.75 Å². The van der Waals surface area contributed by atoms with Gasteiger partial charge in [-0.1, -0.05) is 55.8 Å². The van der Waals surface area contributed by atoms with Crippen molar-refractivity contribution in [1.82, 2.24) is 24.5 Å². The number of rotatable bonds is 11. The van der Waals surface area contributed by atoms with Gasteiger partial charge in [-0.2, -0.15) is 0 Å². The second kappa shape index (κ2) is 11.4. The normalized spacial score (nSPS) is 12.2. The molecule has 2 aromatic heterocycles. The quantitative estimate of drug-likeness (QED) is 0.250. The Morgan fingerprint density at radius 2 is 1.89 bits per heavy atom. The molecule has 0 spiro atoms. The monoisotopic (exact) mass is 493 g/mol. The number of amides is 1. The number of nitrogens with zero attached hydrogens (tertiary/aromatic N) is 4. The molecular weight excluding hydrogens is 462 g/mol. The zero-order valence-corrected chi connectivity index (χ0v) is 21.2. The summed E-state index contributed by atoms with van der Waals surface area (Å²) in [6.45, 7) is 5.11. The number of para-hydroxylation sites is 1. The maximum Gasteiger partial charge on any atom is 0.262 e. The smallest absolute Gasteiger partial charge is 0.262 e. The number of carbonyl (C=O) groups excluding carboxylic acids is 1. The largest absolute Gasteiger partial charge is 0.497 e. The molecule has 2 aromatic carbocycles. The van der Waals surface area contributed by atoms with Gasteiger partial charge in [0.25, 0.3) is 5.56 Å². The topological polar surface area (TPSA) is 90.5 Å². The maximum atomic E-state index is 13.2. The predicted octanol–water partition coefficient (Wildman–Crippen LogP) is 4.08. The highest BCUT2D eigenvalue weighted by atomic mass is 32.2. The molecule has 0 saturated carbocycles. The Morgan fingerprint density at radius 1 is 1.11 bits per heavy atom. The van der Waals surface area contributed by atoms with Crippen LogP contribution in [0, 0.1) is 0 Å². The van der Waals surface area contributed by atoms with E-state index in [0.29, 0.717) is 29.4 Å². The Kier molecular flexibility index (Phi) is 8.07. The van der Waals surface area contributed by atoms with E-state index in [1.807, 2.05) is 59.9 Å². The van der Waals surface area contributed by atoms with Crippen molar-refractivity contribution < 1.29 is 9.53 Å². The van der Waals surface area contributed by atoms with Gasteiger partial charge in [-0.15, -0.1) is 10.2 Å². The fourth-order valence-electron chi connectivity index (χ4n) is 4.01. The molecule has 0 aliphatic carbocycles. The minimum Gasteiger partial charge on any atom is -0.497 e. The van der Waals surface area contributed by atoms with Crippen LogP contribution in [0.2, 0.25) is 0 Å². The number of hydrogen-bond acceptors (Lipinski definition) is 6. The second-order valence-corrected chi connectivity index (χ2v) is 9.76. The molecule has 0 aliphatic heterocycles. The number of ether oxygens (including phenoxy) is 1. The molecular formula is C26H31N5O3S. The lowest BCUT2D eigenvalue weighted by Crippen LogP contribution is -2.32. The molecule has 1 N–H and O–H groups in total. The lowest BCUT2D eigenvalue weighted by atomic mass is 10.1. The van der Waals surface area contributed by atoms with E-state index >= 15 is 0 Å². The number of thioether (sulfide) groups is 1. The van der Waals surface area contributed by atoms with Crippen LogP contribution in [-0.4, -0.2) is 44.0 Å². The Balaban J connectivity index is 1.51. The molecule has 1 unspecified atom stereocenters. The van der Waals surface area contributed by atoms with Gasteiger partial charge in [0.2, 0.25) is 11.7 Å². The summed E-state index contributed by atoms with van der Waals surface area (Å²) in [5.41, 5.74) is 1.82. The predicted molar refractivity (Wildman–Crippen MR) is 139 cm³/mol. The Hall–Kier alpha value is -3.33. The molecule has 2 heterocycles. The van der Waals surface area contributed by atoms with E-state index in [1.54, 1.807) is 11.7 Å². The first-order valence-corrected chi connectivity index (χ1v) is 12.9. The average Bonchev–Trinajstić information content (AvgIpc) is 3.29. The van der Waals surface area contributed by atoms with Crippen LogP contribution in [0.4, 0.5) is 0 Å². The zero-order chi connectivity index (χ0) is 24.8. The number of carbonyl (C=O) groups is 1. The maximum absolute atomic E-state index is 13.2. The average molecular weight is 494 g/mol. The van der Waals surface area contributed by atoms with Crippen LogP contribution in [-0.2, 0) is 17.8 Å². The van der Waals surface area contributed by atoms with E-state index in [0.717, 1.165) is 42.5 Å². The van der Waals surface area contributed by atoms with E-state index in [-0.39, 0.29) is 16.7 Å². The molecule has 35 heavy (non-hydrogen) atoms. The summed E-state index contributed by atoms with van der Waals surface area (Å²) < 4.78 is 8.78. The second-order valence-electron chi connectivity index (χ2n) is 8.45. The number of benzene rings is 2. The zero-order valence-electron chi connectivity index (χ0n) is 20.4. The van der Waals surface area contributed by atoms with Crippen molar-refractivity contribution >= 4 is 34.3 Å². The summed E-state index contributed by atoms with van der Waals surface area (Å²) in [5.74, 6) is 1.26. The number of methoxy groups -OCH3 is 1. The highest BCUT2D eigenvalue weighted by Crippen LogP contribution is 2.25. The first kappa shape index (κ1) is 24.8. The molecule has 8 nitrogen and oxygen atoms in total. The van der Waals surface area contributed by atoms with Crippen LogP contribution in [0.1, 0.15) is 38.7 Å². The van der Waals surface area contributed by atoms with E-state index in [9.17, 15) is 9.59 Å². The molecule has 0 fully saturated rings. The fourth-order valence-corrected chi connectivity index (χ4v) is 4.89. The summed E-state index contributed by atoms with van der Waals surface area (Å²) in [7, 11) is 1.64. The Labute approximate surface area is 208 Å². The first-order valence-electron chi connectivity index (χ1n) is 12.0. The third-order valence-electron chi connectivity index (χ3n) is 5.99. The van der Waals surface area contributed by atoms with E-state index in [2.05, 4.69) is 22.4 Å². The van der Waals surface area contributed by atoms with Gasteiger partial charge in [-0.25, -0.2) is 0 Å². The number of hydrogen-bond donors (Lipinski definition) is 1. The number of fused-ring (bicyclic) bond motifs is 3. The molecule has 0 radical (unpaired) electrons. The van der Waals surface area contributed by atoms with E-state index in [1.165, 1.54) is 11.8 Å². The van der Waals surface area contributed by atoms with Crippen LogP contribution in [0.15, 0.2) is 58.5 Å². The van der Waals surface area contributed by atoms with Crippen molar-refractivity contribution in [3.63, 3.8) is 0 Å². The van der Waals surface area contributed by atoms with Gasteiger partial charge in [-0.05, 0) is 49.6 Å². The van der Waals surface area contributed by atoms with Gasteiger partial charge in [0, 0.05) is 13.1 Å². The van der Waals surface area contributed by atoms with Gasteiger partial charge in [-0.3, -0.25) is 18.6 Å². The summed E-state index contributed by atoms with van der Waals surface area (Å²) in [4.78, 5) is 25.9. The van der Waals surface area contributed by atoms with E-state index < -0.39 is 0 Å². The lowest BCUT2D eigenvalue weighted by molar-refractivity contribution is -0.120. The molecule has 0 aliphatic rings. The number of aromatic nitrogens is 4. The van der Waals surface area contributed by atoms with Gasteiger partial charge in [0.05, 0.1) is 23.3 Å². The number of aryl methyl sites for hydroxylation is 1. The SMILES string of the molecule is CCCCCn1c(=O)c2ccccc2n2c(SC(C)C(=O)NCCc3ccc(OC)cc3)nnc12. The minimum atomic E-state index is -0.377. The van der Waals surface area contributed by atoms with Crippen molar-refractivity contribution in [2.24, 2.45) is 0 Å². The standard InChI is InChI=1S/C26H31N5O3S/c1-4-5-8-17-30-24(33)21-9-6-7-10-22(21)31-25(30)28-29-26(31)35-18(2)23(32)27-16-15-19-11-13-20(34-3)14-12-19/h6-7,9-14,18H,4-5,8,15-17H2,1-3H3,(H,27,32). The van der Waals surface area contributed by atoms with Crippen LogP contribution >= 0.6 is 11.8 Å². The molecule has 1 atom stereocenters. The summed E-state index contributed by atoms with van der Waals surface area (Å²) in [5, 5.41) is 12.6. The molecule has 4 rings (SSSR count). The third-order valence-corrected chi connectivity index (χ3v) is 7.03. The Bertz CT molecular complexity index is 1360. The van der Waals surface area contributed by atoms with Crippen LogP contribution in [0.3, 0.4) is 0 Å². The molecule has 1 amide bonds. The highest BCUT2D eigenvalue weighted by molar-refractivity contribution is 8.00. The summed E-state index contributed by atoms with van der Waals surface area (Å²) in [6, 6.07) is 15.3. The van der Waals surface area contributed by atoms with Crippen LogP contribution < -0.4 is 15.6 Å². The first-order chi connectivity index (χ1) is 17.0. The van der Waals surface area contributed by atoms with Crippen molar-refractivity contribution in [2.45, 2.75) is 56.5 Å². The third kappa shape index (κ3) is 5.51. The van der Waals surface area contributed by atoms with Crippen molar-refractivity contribution in [3.8, 4) is 5.75 Å². The Morgan fingerprint density at radius 3 is 2.63 bits per heavy atom. The summed E-state index contributed by atoms with van der Waals surface area (Å²) in [6.07, 6.45) is 3.73. The van der Waals surface area contributed by atoms with Crippen LogP contribution in [0.25, 0.3) is 16.7 Å². The molecule has 0 saturated heterocycles. The molecule has 4 aromatic rings. The van der Waals surface area contributed by atoms with Crippen molar-refractivity contribution in [3.05, 3.63) is 64.4 Å². The molecule has 9 heteroatoms. The van der Waals surface area contributed by atoms with Gasteiger partial charge >= 0.3 is 0 Å². The van der Waals surface area contributed by atoms with Crippen molar-refractivity contribution in [2.75, 3.05) is 13.7 Å². The van der Waals surface area contributed by atoms with Gasteiger partial charge < -0.3 is 10.1 Å². The molecule has 184 valence electrons. The lowest BCUT2D eigenvalue weighted by Gasteiger charge is -2.13. The highest BCUT2D eigenvalue weighted by Gasteiger charge is 2.21.